The SMILES string of the molecule is O=C(O)c1cc(C=Cc2ccccc2)no1. The first-order chi connectivity index (χ1) is 7.75. The number of hydrogen-bond donors (Lipinski definition) is 1. The molecular formula is C12H9NO3. The molecule has 1 heterocycles. The summed E-state index contributed by atoms with van der Waals surface area (Å²) in [6, 6.07) is 11.0. The van der Waals surface area contributed by atoms with Crippen molar-refractivity contribution in [3.05, 3.63) is 53.4 Å². The van der Waals surface area contributed by atoms with E-state index in [2.05, 4.69) is 9.68 Å². The smallest absolute Gasteiger partial charge is 0.374 e. The number of carboxylic acid groups (broad SMARTS) is 1. The van der Waals surface area contributed by atoms with Crippen LogP contribution in [0, 0.1) is 0 Å². The lowest BCUT2D eigenvalue weighted by Gasteiger charge is -1.88. The standard InChI is InChI=1S/C12H9NO3/c14-12(15)11-8-10(13-16-11)7-6-9-4-2-1-3-5-9/h1-8H,(H,14,15). The molecule has 0 amide bonds. The Hall–Kier alpha value is -2.36. The molecule has 16 heavy (non-hydrogen) atoms. The van der Waals surface area contributed by atoms with Crippen LogP contribution in [0.3, 0.4) is 0 Å². The van der Waals surface area contributed by atoms with E-state index >= 15 is 0 Å². The highest BCUT2D eigenvalue weighted by Gasteiger charge is 2.08. The first-order valence-corrected chi connectivity index (χ1v) is 4.69. The molecule has 2 rings (SSSR count). The predicted octanol–water partition coefficient (Wildman–Crippen LogP) is 2.54. The summed E-state index contributed by atoms with van der Waals surface area (Å²) in [7, 11) is 0. The molecule has 0 aliphatic rings. The maximum Gasteiger partial charge on any atom is 0.374 e. The minimum atomic E-state index is -1.12. The second-order valence-electron chi connectivity index (χ2n) is 3.17. The van der Waals surface area contributed by atoms with Crippen molar-refractivity contribution in [2.45, 2.75) is 0 Å². The van der Waals surface area contributed by atoms with Crippen molar-refractivity contribution >= 4 is 18.1 Å². The third kappa shape index (κ3) is 2.36. The van der Waals surface area contributed by atoms with Gasteiger partial charge in [-0.3, -0.25) is 0 Å². The molecule has 4 heteroatoms. The fourth-order valence-corrected chi connectivity index (χ4v) is 1.21. The van der Waals surface area contributed by atoms with Gasteiger partial charge in [0.05, 0.1) is 0 Å². The summed E-state index contributed by atoms with van der Waals surface area (Å²) in [5.41, 5.74) is 1.50. The highest BCUT2D eigenvalue weighted by Crippen LogP contribution is 2.08. The van der Waals surface area contributed by atoms with E-state index in [9.17, 15) is 4.79 Å². The predicted molar refractivity (Wildman–Crippen MR) is 58.8 cm³/mol. The molecule has 80 valence electrons. The van der Waals surface area contributed by atoms with Crippen LogP contribution in [0.15, 0.2) is 40.9 Å². The fourth-order valence-electron chi connectivity index (χ4n) is 1.21. The van der Waals surface area contributed by atoms with E-state index in [1.807, 2.05) is 36.4 Å². The van der Waals surface area contributed by atoms with E-state index in [4.69, 9.17) is 5.11 Å². The lowest BCUT2D eigenvalue weighted by Crippen LogP contribution is -1.91. The number of rotatable bonds is 3. The van der Waals surface area contributed by atoms with Gasteiger partial charge in [0, 0.05) is 6.07 Å². The fraction of sp³-hybridized carbons (Fsp3) is 0. The van der Waals surface area contributed by atoms with Crippen molar-refractivity contribution < 1.29 is 14.4 Å². The maximum atomic E-state index is 10.5. The van der Waals surface area contributed by atoms with Crippen molar-refractivity contribution in [1.82, 2.24) is 5.16 Å². The number of carboxylic acids is 1. The van der Waals surface area contributed by atoms with Crippen LogP contribution in [-0.2, 0) is 0 Å². The summed E-state index contributed by atoms with van der Waals surface area (Å²) >= 11 is 0. The number of aromatic nitrogens is 1. The number of benzene rings is 1. The molecule has 1 aromatic heterocycles. The van der Waals surface area contributed by atoms with E-state index in [1.54, 1.807) is 6.08 Å². The topological polar surface area (TPSA) is 63.3 Å². The van der Waals surface area contributed by atoms with Gasteiger partial charge in [-0.05, 0) is 11.6 Å². The second kappa shape index (κ2) is 4.44. The summed E-state index contributed by atoms with van der Waals surface area (Å²) in [6.07, 6.45) is 3.54. The summed E-state index contributed by atoms with van der Waals surface area (Å²) < 4.78 is 4.61. The van der Waals surface area contributed by atoms with Crippen molar-refractivity contribution in [1.29, 1.82) is 0 Å². The van der Waals surface area contributed by atoms with Gasteiger partial charge in [0.2, 0.25) is 5.76 Å². The molecule has 1 N–H and O–H groups in total. The Morgan fingerprint density at radius 3 is 2.62 bits per heavy atom. The lowest BCUT2D eigenvalue weighted by atomic mass is 10.2. The minimum Gasteiger partial charge on any atom is -0.475 e. The maximum absolute atomic E-state index is 10.5. The van der Waals surface area contributed by atoms with Gasteiger partial charge in [-0.2, -0.15) is 0 Å². The van der Waals surface area contributed by atoms with E-state index in [-0.39, 0.29) is 5.76 Å². The lowest BCUT2D eigenvalue weighted by molar-refractivity contribution is 0.0652. The van der Waals surface area contributed by atoms with Gasteiger partial charge >= 0.3 is 5.97 Å². The number of carbonyl (C=O) groups is 1. The Kier molecular flexibility index (Phi) is 2.82. The van der Waals surface area contributed by atoms with Crippen LogP contribution in [0.4, 0.5) is 0 Å². The normalized spacial score (nSPS) is 10.8. The van der Waals surface area contributed by atoms with E-state index < -0.39 is 5.97 Å². The third-order valence-electron chi connectivity index (χ3n) is 1.99. The Bertz CT molecular complexity index is 514. The zero-order valence-electron chi connectivity index (χ0n) is 8.33. The zero-order valence-corrected chi connectivity index (χ0v) is 8.33. The van der Waals surface area contributed by atoms with Crippen LogP contribution in [-0.4, -0.2) is 16.2 Å². The van der Waals surface area contributed by atoms with Gasteiger partial charge in [-0.25, -0.2) is 4.79 Å². The highest BCUT2D eigenvalue weighted by atomic mass is 16.5. The van der Waals surface area contributed by atoms with Crippen molar-refractivity contribution in [2.75, 3.05) is 0 Å². The first-order valence-electron chi connectivity index (χ1n) is 4.69. The molecule has 0 aliphatic heterocycles. The van der Waals surface area contributed by atoms with Crippen LogP contribution >= 0.6 is 0 Å². The Balaban J connectivity index is 2.15. The summed E-state index contributed by atoms with van der Waals surface area (Å²) in [4.78, 5) is 10.5. The molecule has 4 nitrogen and oxygen atoms in total. The van der Waals surface area contributed by atoms with Crippen LogP contribution in [0.25, 0.3) is 12.2 Å². The van der Waals surface area contributed by atoms with Crippen molar-refractivity contribution in [3.8, 4) is 0 Å². The molecule has 2 aromatic rings. The van der Waals surface area contributed by atoms with Gasteiger partial charge in [-0.15, -0.1) is 0 Å². The monoisotopic (exact) mass is 215 g/mol. The molecule has 0 spiro atoms. The Morgan fingerprint density at radius 2 is 2.00 bits per heavy atom. The molecule has 0 fully saturated rings. The van der Waals surface area contributed by atoms with E-state index in [0.29, 0.717) is 5.69 Å². The van der Waals surface area contributed by atoms with Gasteiger partial charge in [0.25, 0.3) is 0 Å². The van der Waals surface area contributed by atoms with Gasteiger partial charge < -0.3 is 9.63 Å². The Labute approximate surface area is 91.8 Å². The summed E-state index contributed by atoms with van der Waals surface area (Å²) in [5.74, 6) is -1.28. The van der Waals surface area contributed by atoms with Crippen molar-refractivity contribution in [2.24, 2.45) is 0 Å². The number of nitrogens with zero attached hydrogens (tertiary/aromatic N) is 1. The Morgan fingerprint density at radius 1 is 1.25 bits per heavy atom. The minimum absolute atomic E-state index is 0.160. The molecule has 0 atom stereocenters. The molecule has 0 saturated heterocycles. The molecule has 0 saturated carbocycles. The molecule has 0 unspecified atom stereocenters. The largest absolute Gasteiger partial charge is 0.475 e. The second-order valence-corrected chi connectivity index (χ2v) is 3.17. The zero-order chi connectivity index (χ0) is 11.4. The average Bonchev–Trinajstić information content (AvgIpc) is 2.76. The molecule has 0 radical (unpaired) electrons. The van der Waals surface area contributed by atoms with Gasteiger partial charge in [0.1, 0.15) is 5.69 Å². The summed E-state index contributed by atoms with van der Waals surface area (Å²) in [6.45, 7) is 0. The number of hydrogen-bond acceptors (Lipinski definition) is 3. The van der Waals surface area contributed by atoms with E-state index in [0.717, 1.165) is 5.56 Å². The van der Waals surface area contributed by atoms with Crippen LogP contribution in [0.5, 0.6) is 0 Å². The molecular weight excluding hydrogens is 206 g/mol. The van der Waals surface area contributed by atoms with Gasteiger partial charge in [-0.1, -0.05) is 41.6 Å². The van der Waals surface area contributed by atoms with E-state index in [1.165, 1.54) is 6.07 Å². The van der Waals surface area contributed by atoms with Crippen LogP contribution in [0.1, 0.15) is 21.8 Å². The quantitative estimate of drug-likeness (QED) is 0.854. The van der Waals surface area contributed by atoms with Crippen molar-refractivity contribution in [3.63, 3.8) is 0 Å². The molecule has 1 aromatic carbocycles. The summed E-state index contributed by atoms with van der Waals surface area (Å²) in [5, 5.41) is 12.2. The average molecular weight is 215 g/mol. The molecule has 0 aliphatic carbocycles. The first kappa shape index (κ1) is 10.2. The highest BCUT2D eigenvalue weighted by molar-refractivity contribution is 5.85. The van der Waals surface area contributed by atoms with Crippen LogP contribution < -0.4 is 0 Å². The number of aromatic carboxylic acids is 1. The molecule has 0 bridgehead atoms. The third-order valence-corrected chi connectivity index (χ3v) is 1.99. The van der Waals surface area contributed by atoms with Gasteiger partial charge in [0.15, 0.2) is 0 Å². The van der Waals surface area contributed by atoms with Crippen LogP contribution in [0.2, 0.25) is 0 Å².